The summed E-state index contributed by atoms with van der Waals surface area (Å²) in [4.78, 5) is 59.8. The van der Waals surface area contributed by atoms with Crippen LogP contribution in [0.1, 0.15) is 53.9 Å². The molecule has 6 unspecified atom stereocenters. The molecule has 8 N–H and O–H groups in total. The summed E-state index contributed by atoms with van der Waals surface area (Å²) in [6, 6.07) is -4.95. The zero-order valence-electron chi connectivity index (χ0n) is 19.1. The highest BCUT2D eigenvalue weighted by Gasteiger charge is 2.34. The van der Waals surface area contributed by atoms with Crippen LogP contribution in [0.2, 0.25) is 0 Å². The van der Waals surface area contributed by atoms with E-state index in [1.54, 1.807) is 27.7 Å². The number of nitrogens with two attached hydrogens (primary N) is 1. The van der Waals surface area contributed by atoms with Gasteiger partial charge in [0.05, 0.1) is 12.1 Å². The van der Waals surface area contributed by atoms with Crippen molar-refractivity contribution in [2.45, 2.75) is 84.2 Å². The number of carbonyl (C=O) groups is 5. The minimum atomic E-state index is -1.46. The van der Waals surface area contributed by atoms with Gasteiger partial charge in [0.15, 0.2) is 0 Å². The Bertz CT molecular complexity index is 683. The van der Waals surface area contributed by atoms with Gasteiger partial charge in [0, 0.05) is 6.42 Å². The third kappa shape index (κ3) is 9.60. The zero-order chi connectivity index (χ0) is 25.2. The van der Waals surface area contributed by atoms with Crippen LogP contribution in [0.3, 0.4) is 0 Å². The molecule has 32 heavy (non-hydrogen) atoms. The van der Waals surface area contributed by atoms with Crippen LogP contribution >= 0.6 is 0 Å². The van der Waals surface area contributed by atoms with Gasteiger partial charge in [-0.2, -0.15) is 0 Å². The summed E-state index contributed by atoms with van der Waals surface area (Å²) in [5.74, 6) is -5.54. The Kier molecular flexibility index (Phi) is 12.5. The van der Waals surface area contributed by atoms with Crippen molar-refractivity contribution >= 4 is 29.7 Å². The van der Waals surface area contributed by atoms with Gasteiger partial charge in [0.2, 0.25) is 17.7 Å². The Morgan fingerprint density at radius 3 is 1.69 bits per heavy atom. The second-order valence-electron chi connectivity index (χ2n) is 8.21. The number of rotatable bonds is 14. The predicted octanol–water partition coefficient (Wildman–Crippen LogP) is -1.20. The van der Waals surface area contributed by atoms with E-state index in [-0.39, 0.29) is 18.8 Å². The van der Waals surface area contributed by atoms with Crippen LogP contribution in [-0.4, -0.2) is 75.3 Å². The van der Waals surface area contributed by atoms with Crippen LogP contribution in [0.5, 0.6) is 0 Å². The molecule has 0 radical (unpaired) electrons. The lowest BCUT2D eigenvalue weighted by Crippen LogP contribution is -2.61. The van der Waals surface area contributed by atoms with Gasteiger partial charge in [0.1, 0.15) is 18.1 Å². The summed E-state index contributed by atoms with van der Waals surface area (Å²) >= 11 is 0. The van der Waals surface area contributed by atoms with Crippen molar-refractivity contribution in [3.05, 3.63) is 0 Å². The van der Waals surface area contributed by atoms with Crippen molar-refractivity contribution < 1.29 is 39.3 Å². The van der Waals surface area contributed by atoms with Crippen LogP contribution in [0, 0.1) is 11.8 Å². The number of carboxylic acid groups (broad SMARTS) is 2. The summed E-state index contributed by atoms with van der Waals surface area (Å²) in [6.45, 7) is 7.98. The van der Waals surface area contributed by atoms with Gasteiger partial charge in [-0.1, -0.05) is 34.1 Å². The summed E-state index contributed by atoms with van der Waals surface area (Å²) in [5.41, 5.74) is 5.64. The molecule has 0 rings (SSSR count). The Morgan fingerprint density at radius 2 is 1.28 bits per heavy atom. The van der Waals surface area contributed by atoms with E-state index in [1.807, 2.05) is 0 Å². The molecular formula is C20H36N4O8. The smallest absolute Gasteiger partial charge is 0.326 e. The van der Waals surface area contributed by atoms with Crippen LogP contribution in [0.4, 0.5) is 0 Å². The van der Waals surface area contributed by atoms with E-state index in [0.717, 1.165) is 0 Å². The van der Waals surface area contributed by atoms with E-state index in [2.05, 4.69) is 16.0 Å². The van der Waals surface area contributed by atoms with Crippen molar-refractivity contribution in [3.63, 3.8) is 0 Å². The molecule has 0 bridgehead atoms. The predicted molar refractivity (Wildman–Crippen MR) is 114 cm³/mol. The molecule has 3 amide bonds. The molecule has 12 nitrogen and oxygen atoms in total. The average Bonchev–Trinajstić information content (AvgIpc) is 2.70. The first-order valence-corrected chi connectivity index (χ1v) is 10.5. The molecule has 0 aliphatic carbocycles. The Labute approximate surface area is 187 Å². The van der Waals surface area contributed by atoms with Gasteiger partial charge in [-0.15, -0.1) is 0 Å². The number of aliphatic carboxylic acids is 2. The number of aliphatic hydroxyl groups excluding tert-OH is 1. The van der Waals surface area contributed by atoms with Crippen LogP contribution in [-0.2, 0) is 24.0 Å². The SMILES string of the molecule is CCC(C)C(NC(=O)C(NC(=O)C(N)CCC(=O)O)C(C)O)C(=O)NC(C(=O)O)C(C)C. The Hall–Kier alpha value is -2.73. The molecular weight excluding hydrogens is 424 g/mol. The van der Waals surface area contributed by atoms with Crippen LogP contribution in [0.25, 0.3) is 0 Å². The van der Waals surface area contributed by atoms with Gasteiger partial charge < -0.3 is 37.0 Å². The molecule has 0 heterocycles. The van der Waals surface area contributed by atoms with Gasteiger partial charge in [-0.25, -0.2) is 4.79 Å². The third-order valence-corrected chi connectivity index (χ3v) is 5.09. The number of hydrogen-bond donors (Lipinski definition) is 7. The lowest BCUT2D eigenvalue weighted by Gasteiger charge is -2.29. The first-order chi connectivity index (χ1) is 14.7. The lowest BCUT2D eigenvalue weighted by atomic mass is 9.96. The van der Waals surface area contributed by atoms with Crippen molar-refractivity contribution in [2.24, 2.45) is 17.6 Å². The minimum Gasteiger partial charge on any atom is -0.481 e. The van der Waals surface area contributed by atoms with Gasteiger partial charge >= 0.3 is 11.9 Å². The quantitative estimate of drug-likeness (QED) is 0.166. The molecule has 184 valence electrons. The molecule has 0 aromatic carbocycles. The third-order valence-electron chi connectivity index (χ3n) is 5.09. The average molecular weight is 461 g/mol. The van der Waals surface area contributed by atoms with Crippen molar-refractivity contribution in [3.8, 4) is 0 Å². The fourth-order valence-electron chi connectivity index (χ4n) is 2.78. The highest BCUT2D eigenvalue weighted by molar-refractivity contribution is 5.94. The highest BCUT2D eigenvalue weighted by atomic mass is 16.4. The highest BCUT2D eigenvalue weighted by Crippen LogP contribution is 2.11. The summed E-state index contributed by atoms with van der Waals surface area (Å²) in [6.07, 6.45) is -1.40. The molecule has 12 heteroatoms. The van der Waals surface area contributed by atoms with Gasteiger partial charge in [-0.05, 0) is 25.2 Å². The van der Waals surface area contributed by atoms with E-state index in [1.165, 1.54) is 6.92 Å². The maximum Gasteiger partial charge on any atom is 0.326 e. The monoisotopic (exact) mass is 460 g/mol. The molecule has 0 fully saturated rings. The maximum absolute atomic E-state index is 12.8. The van der Waals surface area contributed by atoms with E-state index in [0.29, 0.717) is 6.42 Å². The zero-order valence-corrected chi connectivity index (χ0v) is 19.1. The number of hydrogen-bond acceptors (Lipinski definition) is 7. The fourth-order valence-corrected chi connectivity index (χ4v) is 2.78. The number of amides is 3. The molecule has 0 aliphatic heterocycles. The molecule has 0 aromatic heterocycles. The first kappa shape index (κ1) is 29.3. The summed E-state index contributed by atoms with van der Waals surface area (Å²) < 4.78 is 0. The standard InChI is InChI=1S/C20H36N4O8/c1-6-10(4)15(18(29)22-14(9(2)3)20(31)32)23-19(30)16(11(5)25)24-17(28)12(21)7-8-13(26)27/h9-12,14-16,25H,6-8,21H2,1-5H3,(H,22,29)(H,23,30)(H,24,28)(H,26,27)(H,31,32). The Balaban J connectivity index is 5.44. The van der Waals surface area contributed by atoms with Crippen molar-refractivity contribution in [1.29, 1.82) is 0 Å². The van der Waals surface area contributed by atoms with Gasteiger partial charge in [-0.3, -0.25) is 19.2 Å². The van der Waals surface area contributed by atoms with E-state index >= 15 is 0 Å². The molecule has 0 aromatic rings. The topological polar surface area (TPSA) is 208 Å². The maximum atomic E-state index is 12.8. The Morgan fingerprint density at radius 1 is 0.812 bits per heavy atom. The summed E-state index contributed by atoms with van der Waals surface area (Å²) in [5, 5.41) is 35.1. The summed E-state index contributed by atoms with van der Waals surface area (Å²) in [7, 11) is 0. The molecule has 0 spiro atoms. The van der Waals surface area contributed by atoms with Crippen molar-refractivity contribution in [1.82, 2.24) is 16.0 Å². The first-order valence-electron chi connectivity index (χ1n) is 10.5. The van der Waals surface area contributed by atoms with Gasteiger partial charge in [0.25, 0.3) is 0 Å². The van der Waals surface area contributed by atoms with E-state index < -0.39 is 65.8 Å². The molecule has 0 saturated heterocycles. The second kappa shape index (κ2) is 13.6. The number of aliphatic hydroxyl groups is 1. The van der Waals surface area contributed by atoms with E-state index in [9.17, 15) is 34.2 Å². The van der Waals surface area contributed by atoms with E-state index in [4.69, 9.17) is 10.8 Å². The normalized spacial score (nSPS) is 16.8. The lowest BCUT2D eigenvalue weighted by molar-refractivity contribution is -0.144. The molecule has 6 atom stereocenters. The minimum absolute atomic E-state index is 0.168. The van der Waals surface area contributed by atoms with Crippen LogP contribution < -0.4 is 21.7 Å². The number of carbonyl (C=O) groups excluding carboxylic acids is 3. The molecule has 0 aliphatic rings. The fraction of sp³-hybridized carbons (Fsp3) is 0.750. The second-order valence-corrected chi connectivity index (χ2v) is 8.21. The largest absolute Gasteiger partial charge is 0.481 e. The van der Waals surface area contributed by atoms with Crippen molar-refractivity contribution in [2.75, 3.05) is 0 Å². The number of carboxylic acids is 2. The molecule has 0 saturated carbocycles. The van der Waals surface area contributed by atoms with Crippen LogP contribution in [0.15, 0.2) is 0 Å². The number of nitrogens with one attached hydrogen (secondary N) is 3.